The number of aliphatic carboxylic acids is 1. The van der Waals surface area contributed by atoms with Gasteiger partial charge >= 0.3 is 5.97 Å². The smallest absolute Gasteiger partial charge is 0.314 e. The Balaban J connectivity index is 2.94. The first-order valence-electron chi connectivity index (χ1n) is 4.42. The van der Waals surface area contributed by atoms with Gasteiger partial charge in [0.2, 0.25) is 0 Å². The third-order valence-electron chi connectivity index (χ3n) is 2.80. The minimum Gasteiger partial charge on any atom is -0.481 e. The highest BCUT2D eigenvalue weighted by Gasteiger charge is 2.42. The molecule has 1 rings (SSSR count). The van der Waals surface area contributed by atoms with Crippen molar-refractivity contribution in [3.05, 3.63) is 12.2 Å². The molecular formula is C10H13NO2. The summed E-state index contributed by atoms with van der Waals surface area (Å²) >= 11 is 0. The molecule has 1 aliphatic rings. The van der Waals surface area contributed by atoms with Crippen molar-refractivity contribution >= 4 is 5.97 Å². The van der Waals surface area contributed by atoms with Crippen molar-refractivity contribution in [3.63, 3.8) is 0 Å². The summed E-state index contributed by atoms with van der Waals surface area (Å²) in [5.41, 5.74) is -0.236. The SMILES string of the molecule is C=C1CCCCC1(CC#N)C(=O)O. The zero-order valence-corrected chi connectivity index (χ0v) is 7.55. The van der Waals surface area contributed by atoms with E-state index < -0.39 is 11.4 Å². The molecule has 0 aromatic heterocycles. The van der Waals surface area contributed by atoms with Crippen molar-refractivity contribution in [1.82, 2.24) is 0 Å². The molecule has 0 aromatic rings. The van der Waals surface area contributed by atoms with Gasteiger partial charge in [-0.15, -0.1) is 0 Å². The molecule has 1 N–H and O–H groups in total. The van der Waals surface area contributed by atoms with Crippen LogP contribution >= 0.6 is 0 Å². The van der Waals surface area contributed by atoms with Crippen LogP contribution in [-0.2, 0) is 4.79 Å². The number of rotatable bonds is 2. The van der Waals surface area contributed by atoms with Crippen LogP contribution in [0.1, 0.15) is 32.1 Å². The van der Waals surface area contributed by atoms with Crippen LogP contribution in [0.25, 0.3) is 0 Å². The van der Waals surface area contributed by atoms with Crippen molar-refractivity contribution < 1.29 is 9.90 Å². The predicted molar refractivity (Wildman–Crippen MR) is 47.9 cm³/mol. The van der Waals surface area contributed by atoms with Crippen LogP contribution in [-0.4, -0.2) is 11.1 Å². The zero-order chi connectivity index (χ0) is 9.90. The Morgan fingerprint density at radius 1 is 1.69 bits per heavy atom. The second-order valence-corrected chi connectivity index (χ2v) is 3.53. The third kappa shape index (κ3) is 1.57. The van der Waals surface area contributed by atoms with Crippen LogP contribution < -0.4 is 0 Å². The maximum Gasteiger partial charge on any atom is 0.314 e. The van der Waals surface area contributed by atoms with Crippen LogP contribution in [0.3, 0.4) is 0 Å². The largest absolute Gasteiger partial charge is 0.481 e. The lowest BCUT2D eigenvalue weighted by molar-refractivity contribution is -0.147. The lowest BCUT2D eigenvalue weighted by Gasteiger charge is -2.33. The van der Waals surface area contributed by atoms with Gasteiger partial charge in [-0.3, -0.25) is 4.79 Å². The number of hydrogen-bond acceptors (Lipinski definition) is 2. The first-order valence-corrected chi connectivity index (χ1v) is 4.42. The average Bonchev–Trinajstić information content (AvgIpc) is 2.09. The second-order valence-electron chi connectivity index (χ2n) is 3.53. The maximum absolute atomic E-state index is 11.1. The van der Waals surface area contributed by atoms with Crippen molar-refractivity contribution in [1.29, 1.82) is 5.26 Å². The van der Waals surface area contributed by atoms with E-state index in [1.807, 2.05) is 6.07 Å². The highest BCUT2D eigenvalue weighted by molar-refractivity contribution is 5.79. The maximum atomic E-state index is 11.1. The van der Waals surface area contributed by atoms with Gasteiger partial charge in [0.1, 0.15) is 5.41 Å². The summed E-state index contributed by atoms with van der Waals surface area (Å²) in [5, 5.41) is 17.7. The van der Waals surface area contributed by atoms with Gasteiger partial charge in [-0.05, 0) is 19.3 Å². The topological polar surface area (TPSA) is 61.1 Å². The van der Waals surface area contributed by atoms with Gasteiger partial charge in [-0.2, -0.15) is 5.26 Å². The van der Waals surface area contributed by atoms with E-state index in [9.17, 15) is 4.79 Å². The van der Waals surface area contributed by atoms with Crippen LogP contribution in [0.2, 0.25) is 0 Å². The molecule has 1 atom stereocenters. The summed E-state index contributed by atoms with van der Waals surface area (Å²) in [6.07, 6.45) is 3.25. The fraction of sp³-hybridized carbons (Fsp3) is 0.600. The third-order valence-corrected chi connectivity index (χ3v) is 2.80. The first kappa shape index (κ1) is 9.79. The van der Waals surface area contributed by atoms with E-state index in [4.69, 9.17) is 10.4 Å². The summed E-state index contributed by atoms with van der Waals surface area (Å²) in [6, 6.07) is 1.95. The molecule has 0 aliphatic heterocycles. The van der Waals surface area contributed by atoms with Crippen molar-refractivity contribution in [2.75, 3.05) is 0 Å². The van der Waals surface area contributed by atoms with Crippen molar-refractivity contribution in [3.8, 4) is 6.07 Å². The molecule has 0 amide bonds. The molecule has 13 heavy (non-hydrogen) atoms. The summed E-state index contributed by atoms with van der Waals surface area (Å²) in [4.78, 5) is 11.1. The molecule has 0 bridgehead atoms. The van der Waals surface area contributed by atoms with Gasteiger partial charge in [0.15, 0.2) is 0 Å². The van der Waals surface area contributed by atoms with Crippen LogP contribution in [0.15, 0.2) is 12.2 Å². The van der Waals surface area contributed by atoms with Gasteiger partial charge in [0, 0.05) is 0 Å². The highest BCUT2D eigenvalue weighted by Crippen LogP contribution is 2.42. The van der Waals surface area contributed by atoms with E-state index in [2.05, 4.69) is 6.58 Å². The quantitative estimate of drug-likeness (QED) is 0.660. The van der Waals surface area contributed by atoms with Crippen molar-refractivity contribution in [2.45, 2.75) is 32.1 Å². The highest BCUT2D eigenvalue weighted by atomic mass is 16.4. The fourth-order valence-corrected chi connectivity index (χ4v) is 1.86. The summed E-state index contributed by atoms with van der Waals surface area (Å²) in [7, 11) is 0. The molecule has 0 saturated heterocycles. The zero-order valence-electron chi connectivity index (χ0n) is 7.55. The lowest BCUT2D eigenvalue weighted by atomic mass is 9.69. The van der Waals surface area contributed by atoms with E-state index >= 15 is 0 Å². The molecule has 0 spiro atoms. The minimum absolute atomic E-state index is 0.0567. The Labute approximate surface area is 77.7 Å². The average molecular weight is 179 g/mol. The number of nitriles is 1. The molecule has 0 aromatic carbocycles. The van der Waals surface area contributed by atoms with Crippen LogP contribution in [0, 0.1) is 16.7 Å². The molecule has 1 fully saturated rings. The Hall–Kier alpha value is -1.30. The van der Waals surface area contributed by atoms with E-state index in [1.165, 1.54) is 0 Å². The fourth-order valence-electron chi connectivity index (χ4n) is 1.86. The van der Waals surface area contributed by atoms with E-state index in [0.717, 1.165) is 19.3 Å². The molecule has 1 saturated carbocycles. The van der Waals surface area contributed by atoms with E-state index in [0.29, 0.717) is 12.0 Å². The molecule has 3 heteroatoms. The van der Waals surface area contributed by atoms with Crippen LogP contribution in [0.5, 0.6) is 0 Å². The lowest BCUT2D eigenvalue weighted by Crippen LogP contribution is -2.34. The first-order chi connectivity index (χ1) is 6.13. The molecule has 1 unspecified atom stereocenters. The number of carboxylic acid groups (broad SMARTS) is 1. The number of nitrogens with zero attached hydrogens (tertiary/aromatic N) is 1. The van der Waals surface area contributed by atoms with Gasteiger partial charge in [-0.25, -0.2) is 0 Å². The van der Waals surface area contributed by atoms with E-state index in [1.54, 1.807) is 0 Å². The Kier molecular flexibility index (Phi) is 2.72. The Bertz CT molecular complexity index is 277. The normalized spacial score (nSPS) is 28.1. The number of carbonyl (C=O) groups is 1. The van der Waals surface area contributed by atoms with Gasteiger partial charge in [0.25, 0.3) is 0 Å². The monoisotopic (exact) mass is 179 g/mol. The standard InChI is InChI=1S/C10H13NO2/c1-8-4-2-3-5-10(8,6-7-11)9(12)13/h1-6H2,(H,12,13). The number of carboxylic acids is 1. The molecule has 0 radical (unpaired) electrons. The number of hydrogen-bond donors (Lipinski definition) is 1. The predicted octanol–water partition coefficient (Wildman–Crippen LogP) is 2.10. The van der Waals surface area contributed by atoms with Gasteiger partial charge in [0.05, 0.1) is 12.5 Å². The molecule has 70 valence electrons. The summed E-state index contributed by atoms with van der Waals surface area (Å²) in [5.74, 6) is -0.890. The molecule has 3 nitrogen and oxygen atoms in total. The van der Waals surface area contributed by atoms with E-state index in [-0.39, 0.29) is 6.42 Å². The Morgan fingerprint density at radius 3 is 2.85 bits per heavy atom. The van der Waals surface area contributed by atoms with Crippen LogP contribution in [0.4, 0.5) is 0 Å². The molecule has 1 aliphatic carbocycles. The minimum atomic E-state index is -0.951. The van der Waals surface area contributed by atoms with Crippen molar-refractivity contribution in [2.24, 2.45) is 5.41 Å². The summed E-state index contributed by atoms with van der Waals surface area (Å²) in [6.45, 7) is 3.78. The molecular weight excluding hydrogens is 166 g/mol. The Morgan fingerprint density at radius 2 is 2.38 bits per heavy atom. The second kappa shape index (κ2) is 3.61. The van der Waals surface area contributed by atoms with Gasteiger partial charge in [-0.1, -0.05) is 18.6 Å². The van der Waals surface area contributed by atoms with Gasteiger partial charge < -0.3 is 5.11 Å². The summed E-state index contributed by atoms with van der Waals surface area (Å²) < 4.78 is 0. The molecule has 0 heterocycles.